The lowest BCUT2D eigenvalue weighted by atomic mass is 9.64. The summed E-state index contributed by atoms with van der Waals surface area (Å²) in [6, 6.07) is 0. The van der Waals surface area contributed by atoms with E-state index in [-0.39, 0.29) is 17.3 Å². The zero-order valence-corrected chi connectivity index (χ0v) is 9.32. The average Bonchev–Trinajstić information content (AvgIpc) is 2.17. The van der Waals surface area contributed by atoms with Crippen molar-refractivity contribution >= 4 is 12.6 Å². The van der Waals surface area contributed by atoms with Gasteiger partial charge in [-0.1, -0.05) is 27.2 Å². The molecule has 0 amide bonds. The molecular weight excluding hydrogens is 176 g/mol. The molecule has 1 aliphatic carbocycles. The fraction of sp³-hybridized carbons (Fsp3) is 0.833. The Bertz CT molecular complexity index is 220. The van der Waals surface area contributed by atoms with Crippen LogP contribution in [0.25, 0.3) is 0 Å². The lowest BCUT2D eigenvalue weighted by Gasteiger charge is -2.39. The smallest absolute Gasteiger partial charge is 0.125 e. The van der Waals surface area contributed by atoms with E-state index >= 15 is 0 Å². The third-order valence-corrected chi connectivity index (χ3v) is 3.60. The molecule has 14 heavy (non-hydrogen) atoms. The van der Waals surface area contributed by atoms with Gasteiger partial charge in [-0.3, -0.25) is 0 Å². The first kappa shape index (κ1) is 11.4. The van der Waals surface area contributed by atoms with Crippen LogP contribution < -0.4 is 0 Å². The Balaban J connectivity index is 2.77. The largest absolute Gasteiger partial charge is 0.303 e. The fourth-order valence-electron chi connectivity index (χ4n) is 2.59. The molecule has 0 aromatic heterocycles. The van der Waals surface area contributed by atoms with Crippen molar-refractivity contribution in [3.63, 3.8) is 0 Å². The Morgan fingerprint density at radius 1 is 1.21 bits per heavy atom. The van der Waals surface area contributed by atoms with E-state index < -0.39 is 0 Å². The number of hydrogen-bond donors (Lipinski definition) is 0. The van der Waals surface area contributed by atoms with Gasteiger partial charge in [0.15, 0.2) is 0 Å². The van der Waals surface area contributed by atoms with Gasteiger partial charge in [0.25, 0.3) is 0 Å². The molecule has 0 aromatic rings. The predicted octanol–water partition coefficient (Wildman–Crippen LogP) is 2.46. The molecular formula is C12H20O2. The van der Waals surface area contributed by atoms with Gasteiger partial charge in [0.1, 0.15) is 12.6 Å². The minimum atomic E-state index is -0.342. The Morgan fingerprint density at radius 3 is 2.36 bits per heavy atom. The molecule has 80 valence electrons. The normalized spacial score (nSPS) is 33.8. The number of carbonyl (C=O) groups excluding carboxylic acids is 2. The van der Waals surface area contributed by atoms with Gasteiger partial charge in [0.05, 0.1) is 0 Å². The first-order valence-electron chi connectivity index (χ1n) is 5.43. The molecule has 0 aromatic carbocycles. The Hall–Kier alpha value is -0.660. The van der Waals surface area contributed by atoms with Crippen LogP contribution in [0.1, 0.15) is 40.0 Å². The van der Waals surface area contributed by atoms with Crippen molar-refractivity contribution in [2.45, 2.75) is 40.0 Å². The van der Waals surface area contributed by atoms with Gasteiger partial charge in [-0.2, -0.15) is 0 Å². The topological polar surface area (TPSA) is 34.1 Å². The van der Waals surface area contributed by atoms with Crippen molar-refractivity contribution in [3.8, 4) is 0 Å². The van der Waals surface area contributed by atoms with Gasteiger partial charge in [-0.05, 0) is 24.7 Å². The zero-order chi connectivity index (χ0) is 10.8. The summed E-state index contributed by atoms with van der Waals surface area (Å²) in [5, 5.41) is 0. The van der Waals surface area contributed by atoms with Crippen molar-refractivity contribution in [1.82, 2.24) is 0 Å². The average molecular weight is 196 g/mol. The fourth-order valence-corrected chi connectivity index (χ4v) is 2.59. The molecule has 0 spiro atoms. The van der Waals surface area contributed by atoms with Crippen molar-refractivity contribution in [1.29, 1.82) is 0 Å². The van der Waals surface area contributed by atoms with Crippen LogP contribution in [0.3, 0.4) is 0 Å². The highest BCUT2D eigenvalue weighted by Gasteiger charge is 2.38. The van der Waals surface area contributed by atoms with E-state index in [0.717, 1.165) is 31.8 Å². The molecule has 0 bridgehead atoms. The second-order valence-electron chi connectivity index (χ2n) is 5.26. The number of rotatable bonds is 3. The van der Waals surface area contributed by atoms with E-state index in [9.17, 15) is 9.59 Å². The summed E-state index contributed by atoms with van der Waals surface area (Å²) in [5.74, 6) is 0.955. The van der Waals surface area contributed by atoms with Gasteiger partial charge < -0.3 is 9.59 Å². The third-order valence-electron chi connectivity index (χ3n) is 3.60. The van der Waals surface area contributed by atoms with Gasteiger partial charge in [-0.15, -0.1) is 0 Å². The molecule has 1 rings (SSSR count). The summed E-state index contributed by atoms with van der Waals surface area (Å²) >= 11 is 0. The van der Waals surface area contributed by atoms with Crippen molar-refractivity contribution in [2.75, 3.05) is 0 Å². The van der Waals surface area contributed by atoms with Gasteiger partial charge >= 0.3 is 0 Å². The van der Waals surface area contributed by atoms with E-state index in [1.54, 1.807) is 0 Å². The van der Waals surface area contributed by atoms with Crippen LogP contribution in [0, 0.1) is 23.2 Å². The third kappa shape index (κ3) is 2.23. The first-order chi connectivity index (χ1) is 6.51. The summed E-state index contributed by atoms with van der Waals surface area (Å²) in [6.07, 6.45) is 5.16. The summed E-state index contributed by atoms with van der Waals surface area (Å²) in [7, 11) is 0. The van der Waals surface area contributed by atoms with Gasteiger partial charge in [-0.25, -0.2) is 0 Å². The van der Waals surface area contributed by atoms with Crippen molar-refractivity contribution < 1.29 is 9.59 Å². The predicted molar refractivity (Wildman–Crippen MR) is 55.9 cm³/mol. The Kier molecular flexibility index (Phi) is 3.46. The molecule has 1 fully saturated rings. The molecule has 1 saturated carbocycles. The molecule has 0 N–H and O–H groups in total. The Labute approximate surface area is 86.1 Å². The minimum Gasteiger partial charge on any atom is -0.303 e. The summed E-state index contributed by atoms with van der Waals surface area (Å²) in [6.45, 7) is 6.06. The molecule has 1 aliphatic rings. The van der Waals surface area contributed by atoms with Crippen molar-refractivity contribution in [2.24, 2.45) is 23.2 Å². The highest BCUT2D eigenvalue weighted by atomic mass is 16.1. The molecule has 3 unspecified atom stereocenters. The van der Waals surface area contributed by atoms with Crippen LogP contribution in [0.5, 0.6) is 0 Å². The first-order valence-corrected chi connectivity index (χ1v) is 5.43. The van der Waals surface area contributed by atoms with E-state index in [1.807, 2.05) is 13.8 Å². The second-order valence-corrected chi connectivity index (χ2v) is 5.26. The molecule has 0 heterocycles. The zero-order valence-electron chi connectivity index (χ0n) is 9.32. The van der Waals surface area contributed by atoms with Gasteiger partial charge in [0.2, 0.25) is 0 Å². The van der Waals surface area contributed by atoms with Crippen LogP contribution >= 0.6 is 0 Å². The molecule has 0 saturated heterocycles. The lowest BCUT2D eigenvalue weighted by molar-refractivity contribution is -0.123. The Morgan fingerprint density at radius 2 is 1.86 bits per heavy atom. The molecule has 0 aliphatic heterocycles. The van der Waals surface area contributed by atoms with Crippen LogP contribution in [0.15, 0.2) is 0 Å². The maximum Gasteiger partial charge on any atom is 0.125 e. The number of carbonyl (C=O) groups is 2. The maximum atomic E-state index is 11.0. The van der Waals surface area contributed by atoms with E-state index in [0.29, 0.717) is 5.92 Å². The second kappa shape index (κ2) is 4.24. The van der Waals surface area contributed by atoms with Crippen LogP contribution in [0.4, 0.5) is 0 Å². The summed E-state index contributed by atoms with van der Waals surface area (Å²) in [5.41, 5.74) is -0.342. The maximum absolute atomic E-state index is 11.0. The highest BCUT2D eigenvalue weighted by molar-refractivity contribution is 5.62. The number of hydrogen-bond acceptors (Lipinski definition) is 2. The van der Waals surface area contributed by atoms with Crippen molar-refractivity contribution in [3.05, 3.63) is 0 Å². The molecule has 3 atom stereocenters. The minimum absolute atomic E-state index is 0.0824. The van der Waals surface area contributed by atoms with Crippen LogP contribution in [-0.4, -0.2) is 12.6 Å². The molecule has 2 heteroatoms. The summed E-state index contributed by atoms with van der Waals surface area (Å²) in [4.78, 5) is 21.9. The van der Waals surface area contributed by atoms with Crippen LogP contribution in [0.2, 0.25) is 0 Å². The van der Waals surface area contributed by atoms with Gasteiger partial charge in [0, 0.05) is 11.3 Å². The van der Waals surface area contributed by atoms with E-state index in [2.05, 4.69) is 6.92 Å². The monoisotopic (exact) mass is 196 g/mol. The van der Waals surface area contributed by atoms with Crippen LogP contribution in [-0.2, 0) is 9.59 Å². The SMILES string of the molecule is CC1CCC(C(C)(C)C=O)C(C=O)C1. The number of aldehydes is 2. The standard InChI is InChI=1S/C12H20O2/c1-9-4-5-11(10(6-9)7-13)12(2,3)8-14/h7-11H,4-6H2,1-3H3. The quantitative estimate of drug-likeness (QED) is 0.650. The summed E-state index contributed by atoms with van der Waals surface area (Å²) < 4.78 is 0. The lowest BCUT2D eigenvalue weighted by Crippen LogP contribution is -2.36. The molecule has 2 nitrogen and oxygen atoms in total. The van der Waals surface area contributed by atoms with E-state index in [1.165, 1.54) is 0 Å². The van der Waals surface area contributed by atoms with E-state index in [4.69, 9.17) is 0 Å². The molecule has 0 radical (unpaired) electrons. The highest BCUT2D eigenvalue weighted by Crippen LogP contribution is 2.41.